The summed E-state index contributed by atoms with van der Waals surface area (Å²) in [6.45, 7) is 0. The highest BCUT2D eigenvalue weighted by molar-refractivity contribution is 9.10. The molecule has 0 spiro atoms. The van der Waals surface area contributed by atoms with Crippen molar-refractivity contribution in [3.8, 4) is 11.5 Å². The highest BCUT2D eigenvalue weighted by Crippen LogP contribution is 2.40. The van der Waals surface area contributed by atoms with Gasteiger partial charge < -0.3 is 19.7 Å². The maximum Gasteiger partial charge on any atom is 0.337 e. The number of methoxy groups -OCH3 is 2. The molecule has 1 aromatic carbocycles. The van der Waals surface area contributed by atoms with Crippen LogP contribution in [0.4, 0.5) is 4.39 Å². The molecule has 1 rings (SSSR count). The van der Waals surface area contributed by atoms with Crippen LogP contribution >= 0.6 is 15.9 Å². The monoisotopic (exact) mass is 308 g/mol. The lowest BCUT2D eigenvalue weighted by molar-refractivity contribution is -0.147. The van der Waals surface area contributed by atoms with Gasteiger partial charge in [0.1, 0.15) is 5.82 Å². The molecular formula is C10H10BrFO5. The Hall–Kier alpha value is -1.34. The van der Waals surface area contributed by atoms with Gasteiger partial charge in [-0.2, -0.15) is 0 Å². The number of ether oxygens (including phenoxy) is 2. The van der Waals surface area contributed by atoms with Crippen LogP contribution in [0.3, 0.4) is 0 Å². The molecular weight excluding hydrogens is 299 g/mol. The molecule has 94 valence electrons. The maximum atomic E-state index is 13.8. The maximum absolute atomic E-state index is 13.8. The van der Waals surface area contributed by atoms with Crippen LogP contribution in [0.2, 0.25) is 0 Å². The van der Waals surface area contributed by atoms with Crippen LogP contribution in [0.25, 0.3) is 0 Å². The molecule has 0 aromatic heterocycles. The van der Waals surface area contributed by atoms with Crippen LogP contribution in [0.15, 0.2) is 10.5 Å². The van der Waals surface area contributed by atoms with E-state index in [1.807, 2.05) is 0 Å². The third kappa shape index (κ3) is 2.50. The number of aliphatic carboxylic acids is 1. The fourth-order valence-electron chi connectivity index (χ4n) is 1.28. The van der Waals surface area contributed by atoms with Gasteiger partial charge in [0, 0.05) is 5.56 Å². The second-order valence-electron chi connectivity index (χ2n) is 3.07. The van der Waals surface area contributed by atoms with Crippen molar-refractivity contribution in [1.82, 2.24) is 0 Å². The van der Waals surface area contributed by atoms with E-state index in [-0.39, 0.29) is 16.0 Å². The van der Waals surface area contributed by atoms with Crippen molar-refractivity contribution in [2.45, 2.75) is 6.10 Å². The highest BCUT2D eigenvalue weighted by atomic mass is 79.9. The minimum absolute atomic E-state index is 0.0892. The van der Waals surface area contributed by atoms with Crippen molar-refractivity contribution in [2.75, 3.05) is 14.2 Å². The summed E-state index contributed by atoms with van der Waals surface area (Å²) in [5.74, 6) is -2.25. The van der Waals surface area contributed by atoms with Gasteiger partial charge in [0.2, 0.25) is 0 Å². The quantitative estimate of drug-likeness (QED) is 0.886. The molecule has 0 saturated heterocycles. The summed E-state index contributed by atoms with van der Waals surface area (Å²) < 4.78 is 23.5. The lowest BCUT2D eigenvalue weighted by Gasteiger charge is -2.14. The number of carboxylic acid groups (broad SMARTS) is 1. The number of hydrogen-bond donors (Lipinski definition) is 2. The van der Waals surface area contributed by atoms with Gasteiger partial charge in [-0.15, -0.1) is 0 Å². The van der Waals surface area contributed by atoms with Gasteiger partial charge in [-0.05, 0) is 22.0 Å². The average molecular weight is 309 g/mol. The number of carbonyl (C=O) groups is 1. The lowest BCUT2D eigenvalue weighted by Crippen LogP contribution is -2.13. The molecule has 17 heavy (non-hydrogen) atoms. The van der Waals surface area contributed by atoms with E-state index in [1.54, 1.807) is 0 Å². The average Bonchev–Trinajstić information content (AvgIpc) is 2.31. The normalized spacial score (nSPS) is 12.1. The van der Waals surface area contributed by atoms with Gasteiger partial charge in [-0.1, -0.05) is 0 Å². The molecule has 0 fully saturated rings. The molecule has 0 aliphatic rings. The molecule has 0 bridgehead atoms. The Morgan fingerprint density at radius 3 is 2.47 bits per heavy atom. The second kappa shape index (κ2) is 5.33. The van der Waals surface area contributed by atoms with Gasteiger partial charge >= 0.3 is 5.97 Å². The molecule has 0 aliphatic carbocycles. The largest absolute Gasteiger partial charge is 0.493 e. The minimum Gasteiger partial charge on any atom is -0.493 e. The summed E-state index contributed by atoms with van der Waals surface area (Å²) in [4.78, 5) is 10.6. The van der Waals surface area contributed by atoms with Crippen LogP contribution in [0, 0.1) is 5.82 Å². The number of hydrogen-bond acceptors (Lipinski definition) is 4. The van der Waals surface area contributed by atoms with Gasteiger partial charge in [-0.25, -0.2) is 9.18 Å². The van der Waals surface area contributed by atoms with Crippen LogP contribution in [0.5, 0.6) is 11.5 Å². The number of halogens is 2. The van der Waals surface area contributed by atoms with E-state index in [4.69, 9.17) is 14.6 Å². The second-order valence-corrected chi connectivity index (χ2v) is 3.86. The molecule has 1 aromatic rings. The summed E-state index contributed by atoms with van der Waals surface area (Å²) in [5, 5.41) is 18.0. The van der Waals surface area contributed by atoms with Crippen LogP contribution < -0.4 is 9.47 Å². The van der Waals surface area contributed by atoms with Crippen LogP contribution in [0.1, 0.15) is 11.7 Å². The molecule has 0 aliphatic heterocycles. The number of carboxylic acids is 1. The Bertz CT molecular complexity index is 449. The van der Waals surface area contributed by atoms with E-state index in [1.165, 1.54) is 14.2 Å². The van der Waals surface area contributed by atoms with E-state index in [9.17, 15) is 14.3 Å². The predicted molar refractivity (Wildman–Crippen MR) is 59.8 cm³/mol. The standard InChI is InChI=1S/C10H10BrFO5/c1-16-5-3-4(8(13)10(14)15)7(12)6(11)9(5)17-2/h3,8,13H,1-2H3,(H,14,15). The molecule has 0 amide bonds. The van der Waals surface area contributed by atoms with Crippen molar-refractivity contribution in [3.63, 3.8) is 0 Å². The molecule has 0 saturated carbocycles. The first-order valence-corrected chi connectivity index (χ1v) is 5.24. The number of benzene rings is 1. The summed E-state index contributed by atoms with van der Waals surface area (Å²) in [6.07, 6.45) is -1.97. The Morgan fingerprint density at radius 1 is 1.47 bits per heavy atom. The summed E-state index contributed by atoms with van der Waals surface area (Å²) in [5.41, 5.74) is -0.401. The Kier molecular flexibility index (Phi) is 4.30. The zero-order chi connectivity index (χ0) is 13.2. The van der Waals surface area contributed by atoms with Crippen molar-refractivity contribution in [3.05, 3.63) is 21.9 Å². The van der Waals surface area contributed by atoms with E-state index < -0.39 is 23.5 Å². The number of aliphatic hydroxyl groups is 1. The predicted octanol–water partition coefficient (Wildman–Crippen LogP) is 1.72. The SMILES string of the molecule is COc1cc(C(O)C(=O)O)c(F)c(Br)c1OC. The Morgan fingerprint density at radius 2 is 2.06 bits per heavy atom. The fraction of sp³-hybridized carbons (Fsp3) is 0.300. The Balaban J connectivity index is 3.44. The summed E-state index contributed by atoms with van der Waals surface area (Å²) in [7, 11) is 2.63. The van der Waals surface area contributed by atoms with Crippen molar-refractivity contribution in [1.29, 1.82) is 0 Å². The molecule has 5 nitrogen and oxygen atoms in total. The Labute approximate surface area is 105 Å². The molecule has 7 heteroatoms. The third-order valence-electron chi connectivity index (χ3n) is 2.11. The van der Waals surface area contributed by atoms with Crippen molar-refractivity contribution < 1.29 is 28.9 Å². The first-order valence-electron chi connectivity index (χ1n) is 4.44. The smallest absolute Gasteiger partial charge is 0.337 e. The van der Waals surface area contributed by atoms with E-state index in [0.717, 1.165) is 6.07 Å². The number of rotatable bonds is 4. The summed E-state index contributed by atoms with van der Waals surface area (Å²) >= 11 is 2.92. The zero-order valence-corrected chi connectivity index (χ0v) is 10.6. The van der Waals surface area contributed by atoms with Gasteiger partial charge in [-0.3, -0.25) is 0 Å². The van der Waals surface area contributed by atoms with E-state index in [0.29, 0.717) is 0 Å². The van der Waals surface area contributed by atoms with Gasteiger partial charge in [0.25, 0.3) is 0 Å². The first kappa shape index (κ1) is 13.7. The molecule has 2 N–H and O–H groups in total. The van der Waals surface area contributed by atoms with Crippen LogP contribution in [-0.4, -0.2) is 30.4 Å². The zero-order valence-electron chi connectivity index (χ0n) is 9.03. The van der Waals surface area contributed by atoms with Gasteiger partial charge in [0.15, 0.2) is 17.6 Å². The lowest BCUT2D eigenvalue weighted by atomic mass is 10.1. The first-order chi connectivity index (χ1) is 7.93. The van der Waals surface area contributed by atoms with E-state index >= 15 is 0 Å². The fourth-order valence-corrected chi connectivity index (χ4v) is 1.86. The summed E-state index contributed by atoms with van der Waals surface area (Å²) in [6, 6.07) is 1.08. The minimum atomic E-state index is -1.97. The third-order valence-corrected chi connectivity index (χ3v) is 2.82. The molecule has 0 heterocycles. The topological polar surface area (TPSA) is 76.0 Å². The van der Waals surface area contributed by atoms with Gasteiger partial charge in [0.05, 0.1) is 18.7 Å². The molecule has 1 unspecified atom stereocenters. The van der Waals surface area contributed by atoms with E-state index in [2.05, 4.69) is 15.9 Å². The highest BCUT2D eigenvalue weighted by Gasteiger charge is 2.26. The van der Waals surface area contributed by atoms with Crippen molar-refractivity contribution in [2.24, 2.45) is 0 Å². The van der Waals surface area contributed by atoms with Crippen LogP contribution in [-0.2, 0) is 4.79 Å². The van der Waals surface area contributed by atoms with Crippen molar-refractivity contribution >= 4 is 21.9 Å². The molecule has 1 atom stereocenters. The molecule has 0 radical (unpaired) electrons. The number of aliphatic hydroxyl groups excluding tert-OH is 1.